The van der Waals surface area contributed by atoms with Gasteiger partial charge in [-0.3, -0.25) is 28.5 Å². The maximum absolute atomic E-state index is 14.2. The first kappa shape index (κ1) is 47.7. The second kappa shape index (κ2) is 21.1. The molecule has 0 aliphatic carbocycles. The first-order chi connectivity index (χ1) is 33.9. The van der Waals surface area contributed by atoms with E-state index in [4.69, 9.17) is 15.0 Å². The van der Waals surface area contributed by atoms with Crippen molar-refractivity contribution < 1.29 is 29.1 Å². The predicted molar refractivity (Wildman–Crippen MR) is 266 cm³/mol. The number of aromatic hydroxyl groups is 1. The number of amides is 2. The van der Waals surface area contributed by atoms with Crippen LogP contribution in [0.3, 0.4) is 0 Å². The summed E-state index contributed by atoms with van der Waals surface area (Å²) in [5.74, 6) is 0.186. The minimum absolute atomic E-state index is 0.0526. The number of β-amino-alcohol motifs (C(OH)–C–C–N with tert-alkyl or cyclic N) is 1. The van der Waals surface area contributed by atoms with Crippen molar-refractivity contribution in [2.75, 3.05) is 51.6 Å². The van der Waals surface area contributed by atoms with Crippen LogP contribution in [0.5, 0.6) is 11.6 Å². The number of piperazine rings is 1. The van der Waals surface area contributed by atoms with Crippen LogP contribution >= 0.6 is 0 Å². The number of aromatic nitrogens is 6. The maximum Gasteiger partial charge on any atom is 0.254 e. The lowest BCUT2D eigenvalue weighted by Crippen LogP contribution is -2.48. The highest BCUT2D eigenvalue weighted by Gasteiger charge is 2.43. The molecule has 0 bridgehead atoms. The number of aryl methyl sites for hydroxylation is 1. The summed E-state index contributed by atoms with van der Waals surface area (Å²) >= 11 is 0. The van der Waals surface area contributed by atoms with Crippen LogP contribution in [0.2, 0.25) is 0 Å². The highest BCUT2D eigenvalue weighted by atomic mass is 16.5. The van der Waals surface area contributed by atoms with E-state index in [0.29, 0.717) is 41.1 Å². The highest BCUT2D eigenvalue weighted by Crippen LogP contribution is 2.33. The van der Waals surface area contributed by atoms with E-state index in [-0.39, 0.29) is 42.5 Å². The Morgan fingerprint density at radius 3 is 2.41 bits per heavy atom. The van der Waals surface area contributed by atoms with E-state index in [1.807, 2.05) is 97.8 Å². The number of para-hydroxylation sites is 1. The summed E-state index contributed by atoms with van der Waals surface area (Å²) in [7, 11) is 1.89. The van der Waals surface area contributed by atoms with Gasteiger partial charge in [-0.25, -0.2) is 4.98 Å². The Labute approximate surface area is 407 Å². The maximum atomic E-state index is 14.2. The number of aliphatic hydroxyl groups is 1. The highest BCUT2D eigenvalue weighted by molar-refractivity contribution is 5.91. The predicted octanol–water partition coefficient (Wildman–Crippen LogP) is 6.10. The molecule has 2 aliphatic heterocycles. The Morgan fingerprint density at radius 1 is 0.943 bits per heavy atom. The minimum Gasteiger partial charge on any atom is -0.507 e. The Balaban J connectivity index is 0.710. The van der Waals surface area contributed by atoms with Gasteiger partial charge in [0.1, 0.15) is 30.1 Å². The van der Waals surface area contributed by atoms with Crippen LogP contribution in [0.25, 0.3) is 34.4 Å². The van der Waals surface area contributed by atoms with Gasteiger partial charge in [0, 0.05) is 95.1 Å². The zero-order valence-electron chi connectivity index (χ0n) is 40.1. The number of nitrogen functional groups attached to an aromatic ring is 1. The Bertz CT molecular complexity index is 2940. The summed E-state index contributed by atoms with van der Waals surface area (Å²) in [5.41, 5.74) is 13.7. The average molecular weight is 948 g/mol. The van der Waals surface area contributed by atoms with Gasteiger partial charge < -0.3 is 35.4 Å². The number of nitrogens with zero attached hydrogens (tertiary/aromatic N) is 9. The van der Waals surface area contributed by atoms with E-state index in [0.717, 1.165) is 68.1 Å². The number of nitrogens with one attached hydrogen (secondary N) is 1. The molecule has 4 atom stereocenters. The van der Waals surface area contributed by atoms with Gasteiger partial charge in [0.2, 0.25) is 17.6 Å². The van der Waals surface area contributed by atoms with Crippen molar-refractivity contribution in [1.29, 1.82) is 0 Å². The number of aliphatic hydroxyl groups excluding tert-OH is 1. The van der Waals surface area contributed by atoms with E-state index >= 15 is 0 Å². The van der Waals surface area contributed by atoms with E-state index in [2.05, 4.69) is 65.7 Å². The van der Waals surface area contributed by atoms with E-state index in [1.165, 1.54) is 16.0 Å². The third-order valence-corrected chi connectivity index (χ3v) is 13.4. The topological polar surface area (TPSA) is 206 Å². The number of benzene rings is 3. The van der Waals surface area contributed by atoms with Crippen LogP contribution < -0.4 is 15.8 Å². The van der Waals surface area contributed by atoms with Gasteiger partial charge in [-0.1, -0.05) is 86.7 Å². The van der Waals surface area contributed by atoms with Crippen LogP contribution in [0.4, 0.5) is 5.82 Å². The number of fused-ring (bicyclic) bond motifs is 1. The summed E-state index contributed by atoms with van der Waals surface area (Å²) in [4.78, 5) is 43.2. The van der Waals surface area contributed by atoms with Gasteiger partial charge >= 0.3 is 0 Å². The van der Waals surface area contributed by atoms with Crippen molar-refractivity contribution in [2.24, 2.45) is 13.0 Å². The molecule has 9 rings (SSSR count). The molecule has 0 radical (unpaired) electrons. The standard InChI is InChI=1S/C53H61N11O6/c1-34(2)49(52(68)64-32-41(65)28-45(64)51(67)56-35(3)38-16-18-39(19-17-38)44-20-21-55-60(44)4)47-29-48(59-70-47)69-27-26-61-22-24-62(25-23-61)30-37-14-12-36(13-15-37)8-7-9-40-31-63-33-43(57-53(63)58-50(40)54)42-10-5-6-11-46(42)66/h5-7,9-21,29,31,33-35,41,45,49,65-66H,8,22-28,30,32H2,1-4H3,(H,56,67)(H2,54,57,58)/b9-7+/t35-,41+,45-,49+/m0/s1. The molecule has 3 aromatic carbocycles. The van der Waals surface area contributed by atoms with E-state index in [1.54, 1.807) is 24.4 Å². The molecule has 0 unspecified atom stereocenters. The number of phenolic OH excluding ortho intramolecular Hbond substituents is 1. The van der Waals surface area contributed by atoms with Crippen molar-refractivity contribution >= 4 is 29.5 Å². The van der Waals surface area contributed by atoms with Gasteiger partial charge in [0.25, 0.3) is 5.88 Å². The molecule has 2 fully saturated rings. The second-order valence-electron chi connectivity index (χ2n) is 18.7. The Kier molecular flexibility index (Phi) is 14.4. The zero-order valence-corrected chi connectivity index (χ0v) is 40.1. The molecule has 0 spiro atoms. The fourth-order valence-corrected chi connectivity index (χ4v) is 9.41. The number of hydrogen-bond acceptors (Lipinski definition) is 13. The fourth-order valence-electron chi connectivity index (χ4n) is 9.41. The van der Waals surface area contributed by atoms with Crippen LogP contribution in [-0.4, -0.2) is 124 Å². The zero-order chi connectivity index (χ0) is 48.9. The number of carbonyl (C=O) groups excluding carboxylic acids is 2. The van der Waals surface area contributed by atoms with Crippen molar-refractivity contribution in [3.63, 3.8) is 0 Å². The van der Waals surface area contributed by atoms with Gasteiger partial charge in [0.05, 0.1) is 23.5 Å². The summed E-state index contributed by atoms with van der Waals surface area (Å²) < 4.78 is 15.4. The Hall–Kier alpha value is -7.34. The molecule has 2 saturated heterocycles. The second-order valence-corrected chi connectivity index (χ2v) is 18.7. The van der Waals surface area contributed by atoms with Gasteiger partial charge in [-0.15, -0.1) is 0 Å². The summed E-state index contributed by atoms with van der Waals surface area (Å²) in [6.07, 6.45) is 9.61. The first-order valence-electron chi connectivity index (χ1n) is 24.0. The molecule has 5 N–H and O–H groups in total. The van der Waals surface area contributed by atoms with Crippen LogP contribution in [0.1, 0.15) is 67.2 Å². The number of likely N-dealkylation sites (tertiary alicyclic amines) is 1. The lowest BCUT2D eigenvalue weighted by molar-refractivity contribution is -0.141. The normalized spacial score (nSPS) is 17.7. The number of ether oxygens (including phenoxy) is 1. The van der Waals surface area contributed by atoms with E-state index < -0.39 is 18.1 Å². The molecule has 4 aromatic heterocycles. The first-order valence-corrected chi connectivity index (χ1v) is 24.0. The van der Waals surface area contributed by atoms with Crippen molar-refractivity contribution in [2.45, 2.75) is 64.3 Å². The molecule has 17 nitrogen and oxygen atoms in total. The molecular formula is C53H61N11O6. The lowest BCUT2D eigenvalue weighted by atomic mass is 9.91. The molecule has 17 heteroatoms. The summed E-state index contributed by atoms with van der Waals surface area (Å²) in [5, 5.41) is 32.4. The number of allylic oxidation sites excluding steroid dienone is 1. The molecule has 2 amide bonds. The SMILES string of the molecule is CC(C)[C@@H](C(=O)N1C[C@H](O)C[C@H]1C(=O)N[C@@H](C)c1ccc(-c2ccnn2C)cc1)c1cc(OCCN2CCN(Cc3ccc(C/C=C/c4cn5cc(-c6ccccc6O)nc5nc4N)cc3)CC2)no1. The van der Waals surface area contributed by atoms with Crippen LogP contribution in [-0.2, 0) is 29.6 Å². The molecule has 70 heavy (non-hydrogen) atoms. The van der Waals surface area contributed by atoms with Gasteiger partial charge in [-0.05, 0) is 64.9 Å². The van der Waals surface area contributed by atoms with E-state index in [9.17, 15) is 19.8 Å². The third kappa shape index (κ3) is 10.9. The van der Waals surface area contributed by atoms with Crippen molar-refractivity contribution in [3.8, 4) is 34.1 Å². The molecular weight excluding hydrogens is 887 g/mol. The monoisotopic (exact) mass is 947 g/mol. The van der Waals surface area contributed by atoms with Gasteiger partial charge in [0.15, 0.2) is 5.76 Å². The number of hydrogen-bond donors (Lipinski definition) is 4. The fraction of sp³-hybridized carbons (Fsp3) is 0.358. The molecule has 0 saturated carbocycles. The largest absolute Gasteiger partial charge is 0.507 e. The lowest BCUT2D eigenvalue weighted by Gasteiger charge is -2.34. The molecule has 2 aliphatic rings. The molecule has 6 heterocycles. The number of anilines is 1. The van der Waals surface area contributed by atoms with Crippen molar-refractivity contribution in [3.05, 3.63) is 138 Å². The summed E-state index contributed by atoms with van der Waals surface area (Å²) in [6.45, 7) is 11.5. The minimum atomic E-state index is -0.830. The number of rotatable bonds is 17. The van der Waals surface area contributed by atoms with Crippen molar-refractivity contribution in [1.82, 2.24) is 49.3 Å². The summed E-state index contributed by atoms with van der Waals surface area (Å²) in [6, 6.07) is 26.2. The van der Waals surface area contributed by atoms with Crippen LogP contribution in [0.15, 0.2) is 114 Å². The third-order valence-electron chi connectivity index (χ3n) is 13.4. The molecule has 364 valence electrons. The molecule has 7 aromatic rings. The number of nitrogens with two attached hydrogens (primary N) is 1. The average Bonchev–Trinajstić information content (AvgIpc) is 4.18. The quantitative estimate of drug-likeness (QED) is 0.0816. The van der Waals surface area contributed by atoms with Gasteiger partial charge in [-0.2, -0.15) is 10.1 Å². The number of imidazole rings is 1. The smallest absolute Gasteiger partial charge is 0.254 e. The van der Waals surface area contributed by atoms with Crippen LogP contribution in [0, 0.1) is 5.92 Å². The number of phenols is 1. The number of carbonyl (C=O) groups is 2. The Morgan fingerprint density at radius 2 is 1.69 bits per heavy atom.